The summed E-state index contributed by atoms with van der Waals surface area (Å²) in [6, 6.07) is 4.33. The van der Waals surface area contributed by atoms with Crippen LogP contribution >= 0.6 is 22.9 Å². The summed E-state index contributed by atoms with van der Waals surface area (Å²) in [6.07, 6.45) is 2.52. The molecule has 2 rings (SSSR count). The van der Waals surface area contributed by atoms with Crippen molar-refractivity contribution < 1.29 is 9.18 Å². The number of anilines is 1. The highest BCUT2D eigenvalue weighted by Crippen LogP contribution is 2.20. The van der Waals surface area contributed by atoms with Crippen molar-refractivity contribution in [3.05, 3.63) is 45.7 Å². The van der Waals surface area contributed by atoms with Gasteiger partial charge in [-0.3, -0.25) is 10.1 Å². The largest absolute Gasteiger partial charge is 0.297 e. The van der Waals surface area contributed by atoms with Crippen LogP contribution < -0.4 is 5.32 Å². The fraction of sp³-hybridized carbons (Fsp3) is 0.0833. The average Bonchev–Trinajstić information content (AvgIpc) is 2.74. The number of benzene rings is 1. The maximum Gasteiger partial charge on any atom is 0.250 e. The van der Waals surface area contributed by atoms with E-state index in [0.717, 1.165) is 5.01 Å². The van der Waals surface area contributed by atoms with Gasteiger partial charge in [-0.15, -0.1) is 10.2 Å². The van der Waals surface area contributed by atoms with Crippen LogP contribution in [0.2, 0.25) is 5.02 Å². The first-order valence-electron chi connectivity index (χ1n) is 5.29. The first-order chi connectivity index (χ1) is 9.06. The van der Waals surface area contributed by atoms with Gasteiger partial charge in [0.15, 0.2) is 0 Å². The van der Waals surface area contributed by atoms with Crippen molar-refractivity contribution >= 4 is 40.1 Å². The molecule has 7 heteroatoms. The highest BCUT2D eigenvalue weighted by molar-refractivity contribution is 7.15. The first kappa shape index (κ1) is 13.6. The predicted molar refractivity (Wildman–Crippen MR) is 73.7 cm³/mol. The van der Waals surface area contributed by atoms with Crippen molar-refractivity contribution in [1.29, 1.82) is 0 Å². The number of amides is 1. The molecule has 19 heavy (non-hydrogen) atoms. The highest BCUT2D eigenvalue weighted by atomic mass is 35.5. The molecule has 0 aliphatic rings. The summed E-state index contributed by atoms with van der Waals surface area (Å²) in [6.45, 7) is 1.78. The lowest BCUT2D eigenvalue weighted by atomic mass is 10.2. The zero-order chi connectivity index (χ0) is 13.8. The lowest BCUT2D eigenvalue weighted by molar-refractivity contribution is -0.111. The fourth-order valence-corrected chi connectivity index (χ4v) is 2.14. The Hall–Kier alpha value is -1.79. The number of carbonyl (C=O) groups is 1. The number of aryl methyl sites for hydroxylation is 1. The van der Waals surface area contributed by atoms with Gasteiger partial charge in [0.05, 0.1) is 5.02 Å². The summed E-state index contributed by atoms with van der Waals surface area (Å²) >= 11 is 7.09. The van der Waals surface area contributed by atoms with Crippen molar-refractivity contribution in [2.24, 2.45) is 0 Å². The second-order valence-corrected chi connectivity index (χ2v) is 5.17. The second-order valence-electron chi connectivity index (χ2n) is 3.58. The van der Waals surface area contributed by atoms with Crippen LogP contribution in [-0.2, 0) is 4.79 Å². The molecule has 0 saturated carbocycles. The van der Waals surface area contributed by atoms with Gasteiger partial charge < -0.3 is 0 Å². The molecule has 0 spiro atoms. The van der Waals surface area contributed by atoms with Gasteiger partial charge in [-0.2, -0.15) is 0 Å². The SMILES string of the molecule is Cc1nnc(NC(=O)C=Cc2c(F)cccc2Cl)s1. The number of hydrogen-bond donors (Lipinski definition) is 1. The van der Waals surface area contributed by atoms with Crippen molar-refractivity contribution in [3.63, 3.8) is 0 Å². The normalized spacial score (nSPS) is 10.9. The molecule has 0 atom stereocenters. The molecule has 1 aromatic carbocycles. The highest BCUT2D eigenvalue weighted by Gasteiger charge is 2.06. The summed E-state index contributed by atoms with van der Waals surface area (Å²) in [5.41, 5.74) is 0.174. The topological polar surface area (TPSA) is 54.9 Å². The molecular formula is C12H9ClFN3OS. The monoisotopic (exact) mass is 297 g/mol. The number of nitrogens with zero attached hydrogens (tertiary/aromatic N) is 2. The third kappa shape index (κ3) is 3.59. The van der Waals surface area contributed by atoms with Gasteiger partial charge >= 0.3 is 0 Å². The lowest BCUT2D eigenvalue weighted by Crippen LogP contribution is -2.07. The van der Waals surface area contributed by atoms with Crippen LogP contribution in [-0.4, -0.2) is 16.1 Å². The molecular weight excluding hydrogens is 289 g/mol. The summed E-state index contributed by atoms with van der Waals surface area (Å²) in [5, 5.41) is 11.4. The Balaban J connectivity index is 2.08. The molecule has 98 valence electrons. The number of carbonyl (C=O) groups excluding carboxylic acids is 1. The van der Waals surface area contributed by atoms with E-state index in [1.807, 2.05) is 0 Å². The van der Waals surface area contributed by atoms with Gasteiger partial charge in [0, 0.05) is 11.6 Å². The molecule has 1 amide bonds. The van der Waals surface area contributed by atoms with Crippen LogP contribution in [0.4, 0.5) is 9.52 Å². The second kappa shape index (κ2) is 5.90. The summed E-state index contributed by atoms with van der Waals surface area (Å²) in [7, 11) is 0. The number of halogens is 2. The quantitative estimate of drug-likeness (QED) is 0.885. The third-order valence-electron chi connectivity index (χ3n) is 2.16. The molecule has 0 unspecified atom stereocenters. The van der Waals surface area contributed by atoms with E-state index in [0.29, 0.717) is 5.13 Å². The molecule has 1 heterocycles. The minimum atomic E-state index is -0.483. The number of nitrogens with one attached hydrogen (secondary N) is 1. The lowest BCUT2D eigenvalue weighted by Gasteiger charge is -1.99. The molecule has 4 nitrogen and oxygen atoms in total. The van der Waals surface area contributed by atoms with Crippen molar-refractivity contribution in [3.8, 4) is 0 Å². The Morgan fingerprint density at radius 3 is 2.89 bits per heavy atom. The molecule has 0 fully saturated rings. The van der Waals surface area contributed by atoms with Gasteiger partial charge in [-0.1, -0.05) is 29.0 Å². The minimum absolute atomic E-state index is 0.174. The van der Waals surface area contributed by atoms with Crippen molar-refractivity contribution in [1.82, 2.24) is 10.2 Å². The van der Waals surface area contributed by atoms with E-state index in [-0.39, 0.29) is 10.6 Å². The third-order valence-corrected chi connectivity index (χ3v) is 3.24. The van der Waals surface area contributed by atoms with E-state index < -0.39 is 11.7 Å². The zero-order valence-corrected chi connectivity index (χ0v) is 11.4. The van der Waals surface area contributed by atoms with Gasteiger partial charge in [0.2, 0.25) is 11.0 Å². The van der Waals surface area contributed by atoms with Crippen LogP contribution in [0, 0.1) is 12.7 Å². The molecule has 0 saturated heterocycles. The van der Waals surface area contributed by atoms with Gasteiger partial charge in [-0.25, -0.2) is 4.39 Å². The Morgan fingerprint density at radius 1 is 1.47 bits per heavy atom. The van der Waals surface area contributed by atoms with Crippen LogP contribution in [0.15, 0.2) is 24.3 Å². The molecule has 0 aliphatic carbocycles. The molecule has 0 radical (unpaired) electrons. The number of hydrogen-bond acceptors (Lipinski definition) is 4. The van der Waals surface area contributed by atoms with E-state index in [2.05, 4.69) is 15.5 Å². The Labute approximate surface area is 117 Å². The van der Waals surface area contributed by atoms with Crippen LogP contribution in [0.3, 0.4) is 0 Å². The van der Waals surface area contributed by atoms with Gasteiger partial charge in [0.25, 0.3) is 0 Å². The molecule has 0 aliphatic heterocycles. The molecule has 2 aromatic rings. The van der Waals surface area contributed by atoms with E-state index in [4.69, 9.17) is 11.6 Å². The van der Waals surface area contributed by atoms with Crippen LogP contribution in [0.25, 0.3) is 6.08 Å². The molecule has 1 N–H and O–H groups in total. The van der Waals surface area contributed by atoms with Crippen LogP contribution in [0.5, 0.6) is 0 Å². The fourth-order valence-electron chi connectivity index (χ4n) is 1.32. The van der Waals surface area contributed by atoms with Gasteiger partial charge in [-0.05, 0) is 25.1 Å². The van der Waals surface area contributed by atoms with E-state index in [1.54, 1.807) is 13.0 Å². The Bertz CT molecular complexity index is 621. The maximum atomic E-state index is 13.4. The average molecular weight is 298 g/mol. The van der Waals surface area contributed by atoms with Gasteiger partial charge in [0.1, 0.15) is 10.8 Å². The number of aromatic nitrogens is 2. The summed E-state index contributed by atoms with van der Waals surface area (Å²) in [4.78, 5) is 11.6. The number of rotatable bonds is 3. The smallest absolute Gasteiger partial charge is 0.250 e. The molecule has 1 aromatic heterocycles. The maximum absolute atomic E-state index is 13.4. The van der Waals surface area contributed by atoms with Crippen molar-refractivity contribution in [2.45, 2.75) is 6.92 Å². The first-order valence-corrected chi connectivity index (χ1v) is 6.49. The van der Waals surface area contributed by atoms with E-state index in [1.165, 1.54) is 35.6 Å². The van der Waals surface area contributed by atoms with E-state index in [9.17, 15) is 9.18 Å². The summed E-state index contributed by atoms with van der Waals surface area (Å²) < 4.78 is 13.4. The summed E-state index contributed by atoms with van der Waals surface area (Å²) in [5.74, 6) is -0.904. The minimum Gasteiger partial charge on any atom is -0.297 e. The Morgan fingerprint density at radius 2 is 2.26 bits per heavy atom. The van der Waals surface area contributed by atoms with Crippen molar-refractivity contribution in [2.75, 3.05) is 5.32 Å². The Kier molecular flexibility index (Phi) is 4.24. The zero-order valence-electron chi connectivity index (χ0n) is 9.85. The van der Waals surface area contributed by atoms with E-state index >= 15 is 0 Å². The molecule has 0 bridgehead atoms. The standard InChI is InChI=1S/C12H9ClFN3OS/c1-7-16-17-12(19-7)15-11(18)6-5-8-9(13)3-2-4-10(8)14/h2-6H,1H3,(H,15,17,18). The van der Waals surface area contributed by atoms with Crippen LogP contribution in [0.1, 0.15) is 10.6 Å². The predicted octanol–water partition coefficient (Wildman–Crippen LogP) is 3.29.